The number of halogens is 3. The highest BCUT2D eigenvalue weighted by Crippen LogP contribution is 2.31. The van der Waals surface area contributed by atoms with Crippen LogP contribution in [0.2, 0.25) is 10.0 Å². The third-order valence-corrected chi connectivity index (χ3v) is 7.56. The molecule has 5 nitrogen and oxygen atoms in total. The van der Waals surface area contributed by atoms with Gasteiger partial charge in [0.05, 0.1) is 21.5 Å². The number of nitrogens with one attached hydrogen (secondary N) is 1. The highest BCUT2D eigenvalue weighted by atomic mass is 35.5. The number of nitrogens with zero attached hydrogens (tertiary/aromatic N) is 2. The summed E-state index contributed by atoms with van der Waals surface area (Å²) in [7, 11) is 0. The molecular formula is C24H22Cl2FN3O2S. The zero-order valence-corrected chi connectivity index (χ0v) is 20.0. The van der Waals surface area contributed by atoms with Crippen LogP contribution in [0.1, 0.15) is 45.4 Å². The number of aromatic nitrogens is 1. The van der Waals surface area contributed by atoms with Crippen LogP contribution in [0.3, 0.4) is 0 Å². The molecule has 1 aliphatic rings. The topological polar surface area (TPSA) is 62.3 Å². The number of piperidine rings is 1. The summed E-state index contributed by atoms with van der Waals surface area (Å²) in [5.41, 5.74) is 1.92. The highest BCUT2D eigenvalue weighted by Gasteiger charge is 2.26. The molecule has 0 bridgehead atoms. The van der Waals surface area contributed by atoms with E-state index >= 15 is 0 Å². The molecule has 1 fully saturated rings. The van der Waals surface area contributed by atoms with E-state index in [0.29, 0.717) is 28.8 Å². The number of carbonyl (C=O) groups excluding carboxylic acids is 2. The van der Waals surface area contributed by atoms with Crippen molar-refractivity contribution in [2.75, 3.05) is 13.1 Å². The van der Waals surface area contributed by atoms with E-state index < -0.39 is 0 Å². The summed E-state index contributed by atoms with van der Waals surface area (Å²) >= 11 is 13.7. The van der Waals surface area contributed by atoms with Crippen molar-refractivity contribution >= 4 is 46.4 Å². The van der Waals surface area contributed by atoms with Crippen molar-refractivity contribution in [1.82, 2.24) is 15.2 Å². The van der Waals surface area contributed by atoms with Gasteiger partial charge in [0.2, 0.25) is 5.91 Å². The van der Waals surface area contributed by atoms with E-state index in [4.69, 9.17) is 23.2 Å². The predicted octanol–water partition coefficient (Wildman–Crippen LogP) is 5.47. The van der Waals surface area contributed by atoms with E-state index in [1.54, 1.807) is 29.6 Å². The van der Waals surface area contributed by atoms with Gasteiger partial charge in [-0.2, -0.15) is 0 Å². The van der Waals surface area contributed by atoms with Crippen LogP contribution in [0.4, 0.5) is 4.39 Å². The summed E-state index contributed by atoms with van der Waals surface area (Å²) in [6, 6.07) is 11.3. The summed E-state index contributed by atoms with van der Waals surface area (Å²) in [5, 5.41) is 6.38. The SMILES string of the molecule is O=C(NCc1cccc(Cl)c1Cl)c1csc(C2CCN(C(=O)Cc3ccc(F)cc3)CC2)n1. The Hall–Kier alpha value is -2.48. The van der Waals surface area contributed by atoms with Gasteiger partial charge in [0.25, 0.3) is 5.91 Å². The molecule has 0 aliphatic carbocycles. The highest BCUT2D eigenvalue weighted by molar-refractivity contribution is 7.09. The Morgan fingerprint density at radius 2 is 1.85 bits per heavy atom. The fourth-order valence-corrected chi connectivity index (χ4v) is 5.15. The lowest BCUT2D eigenvalue weighted by Crippen LogP contribution is -2.38. The van der Waals surface area contributed by atoms with Gasteiger partial charge in [-0.3, -0.25) is 9.59 Å². The minimum atomic E-state index is -0.309. The van der Waals surface area contributed by atoms with E-state index in [9.17, 15) is 14.0 Å². The quantitative estimate of drug-likeness (QED) is 0.483. The second kappa shape index (κ2) is 10.6. The van der Waals surface area contributed by atoms with Crippen LogP contribution >= 0.6 is 34.5 Å². The Bertz CT molecular complexity index is 1140. The molecule has 0 unspecified atom stereocenters. The first-order valence-corrected chi connectivity index (χ1v) is 12.2. The van der Waals surface area contributed by atoms with E-state index in [2.05, 4.69) is 10.3 Å². The molecule has 0 saturated carbocycles. The van der Waals surface area contributed by atoms with E-state index in [-0.39, 0.29) is 36.5 Å². The molecular weight excluding hydrogens is 484 g/mol. The second-order valence-corrected chi connectivity index (χ2v) is 9.60. The zero-order valence-electron chi connectivity index (χ0n) is 17.7. The molecule has 2 amide bonds. The normalized spacial score (nSPS) is 14.3. The number of carbonyl (C=O) groups is 2. The van der Waals surface area contributed by atoms with Gasteiger partial charge >= 0.3 is 0 Å². The van der Waals surface area contributed by atoms with Gasteiger partial charge < -0.3 is 10.2 Å². The lowest BCUT2D eigenvalue weighted by molar-refractivity contribution is -0.131. The van der Waals surface area contributed by atoms with Crippen molar-refractivity contribution in [3.05, 3.63) is 85.5 Å². The van der Waals surface area contributed by atoms with Crippen molar-refractivity contribution in [3.63, 3.8) is 0 Å². The summed E-state index contributed by atoms with van der Waals surface area (Å²) in [6.07, 6.45) is 1.85. The lowest BCUT2D eigenvalue weighted by atomic mass is 9.97. The minimum Gasteiger partial charge on any atom is -0.347 e. The molecule has 0 radical (unpaired) electrons. The van der Waals surface area contributed by atoms with Gasteiger partial charge in [0, 0.05) is 30.9 Å². The molecule has 3 aromatic rings. The van der Waals surface area contributed by atoms with Gasteiger partial charge in [0.1, 0.15) is 11.5 Å². The van der Waals surface area contributed by atoms with Crippen molar-refractivity contribution in [2.24, 2.45) is 0 Å². The van der Waals surface area contributed by atoms with E-state index in [0.717, 1.165) is 29.0 Å². The number of hydrogen-bond donors (Lipinski definition) is 1. The summed E-state index contributed by atoms with van der Waals surface area (Å²) in [4.78, 5) is 31.5. The molecule has 1 aromatic heterocycles. The molecule has 172 valence electrons. The molecule has 1 N–H and O–H groups in total. The fourth-order valence-electron chi connectivity index (χ4n) is 3.79. The van der Waals surface area contributed by atoms with Gasteiger partial charge in [-0.1, -0.05) is 47.5 Å². The van der Waals surface area contributed by atoms with Gasteiger partial charge in [-0.05, 0) is 42.2 Å². The summed E-state index contributed by atoms with van der Waals surface area (Å²) in [5.74, 6) is -0.315. The molecule has 33 heavy (non-hydrogen) atoms. The molecule has 2 heterocycles. The lowest BCUT2D eigenvalue weighted by Gasteiger charge is -2.31. The molecule has 1 saturated heterocycles. The predicted molar refractivity (Wildman–Crippen MR) is 128 cm³/mol. The third-order valence-electron chi connectivity index (χ3n) is 5.69. The van der Waals surface area contributed by atoms with Gasteiger partial charge in [-0.15, -0.1) is 11.3 Å². The van der Waals surface area contributed by atoms with Crippen LogP contribution in [0, 0.1) is 5.82 Å². The van der Waals surface area contributed by atoms with Crippen LogP contribution < -0.4 is 5.32 Å². The number of rotatable bonds is 6. The first kappa shape index (κ1) is 23.7. The van der Waals surface area contributed by atoms with Crippen LogP contribution in [0.5, 0.6) is 0 Å². The molecule has 1 aliphatic heterocycles. The van der Waals surface area contributed by atoms with E-state index in [1.807, 2.05) is 11.0 Å². The Labute approximate surface area is 205 Å². The molecule has 0 spiro atoms. The largest absolute Gasteiger partial charge is 0.347 e. The number of likely N-dealkylation sites (tertiary alicyclic amines) is 1. The van der Waals surface area contributed by atoms with Crippen molar-refractivity contribution in [2.45, 2.75) is 31.7 Å². The number of thiazole rings is 1. The van der Waals surface area contributed by atoms with Crippen LogP contribution in [0.25, 0.3) is 0 Å². The number of amides is 2. The Kier molecular flexibility index (Phi) is 7.63. The average molecular weight is 506 g/mol. The molecule has 4 rings (SSSR count). The maximum atomic E-state index is 13.1. The Balaban J connectivity index is 1.28. The molecule has 0 atom stereocenters. The average Bonchev–Trinajstić information content (AvgIpc) is 3.32. The maximum Gasteiger partial charge on any atom is 0.271 e. The third kappa shape index (κ3) is 5.91. The molecule has 2 aromatic carbocycles. The summed E-state index contributed by atoms with van der Waals surface area (Å²) in [6.45, 7) is 1.54. The van der Waals surface area contributed by atoms with Gasteiger partial charge in [0.15, 0.2) is 0 Å². The fraction of sp³-hybridized carbons (Fsp3) is 0.292. The standard InChI is InChI=1S/C24H22Cl2FN3O2S/c25-19-3-1-2-17(22(19)26)13-28-23(32)20-14-33-24(29-20)16-8-10-30(11-9-16)21(31)12-15-4-6-18(27)7-5-15/h1-7,14,16H,8-13H2,(H,28,32). The second-order valence-electron chi connectivity index (χ2n) is 7.92. The summed E-state index contributed by atoms with van der Waals surface area (Å²) < 4.78 is 13.1. The maximum absolute atomic E-state index is 13.1. The van der Waals surface area contributed by atoms with Crippen molar-refractivity contribution in [3.8, 4) is 0 Å². The van der Waals surface area contributed by atoms with Crippen LogP contribution in [-0.2, 0) is 17.8 Å². The number of hydrogen-bond acceptors (Lipinski definition) is 4. The smallest absolute Gasteiger partial charge is 0.271 e. The Morgan fingerprint density at radius 3 is 2.58 bits per heavy atom. The van der Waals surface area contributed by atoms with E-state index in [1.165, 1.54) is 23.5 Å². The Morgan fingerprint density at radius 1 is 1.12 bits per heavy atom. The van der Waals surface area contributed by atoms with Crippen molar-refractivity contribution in [1.29, 1.82) is 0 Å². The monoisotopic (exact) mass is 505 g/mol. The molecule has 9 heteroatoms. The number of benzene rings is 2. The first-order valence-electron chi connectivity index (χ1n) is 10.6. The first-order chi connectivity index (χ1) is 15.9. The van der Waals surface area contributed by atoms with Gasteiger partial charge in [-0.25, -0.2) is 9.37 Å². The van der Waals surface area contributed by atoms with Crippen LogP contribution in [-0.4, -0.2) is 34.8 Å². The minimum absolute atomic E-state index is 0.0407. The zero-order chi connectivity index (χ0) is 23.4. The van der Waals surface area contributed by atoms with Crippen molar-refractivity contribution < 1.29 is 14.0 Å². The van der Waals surface area contributed by atoms with Crippen LogP contribution in [0.15, 0.2) is 47.8 Å².